The van der Waals surface area contributed by atoms with E-state index in [4.69, 9.17) is 9.72 Å². The highest BCUT2D eigenvalue weighted by Crippen LogP contribution is 2.38. The van der Waals surface area contributed by atoms with Crippen molar-refractivity contribution in [3.05, 3.63) is 47.8 Å². The smallest absolute Gasteiger partial charge is 0.147 e. The molecule has 4 aromatic rings. The summed E-state index contributed by atoms with van der Waals surface area (Å²) in [4.78, 5) is 5.07. The fourth-order valence-corrected chi connectivity index (χ4v) is 4.85. The highest BCUT2D eigenvalue weighted by Gasteiger charge is 2.22. The van der Waals surface area contributed by atoms with Gasteiger partial charge in [0.15, 0.2) is 0 Å². The molecule has 3 aromatic heterocycles. The first-order chi connectivity index (χ1) is 14.8. The molecule has 1 aliphatic carbocycles. The molecule has 2 N–H and O–H groups in total. The molecule has 1 fully saturated rings. The minimum absolute atomic E-state index is 0.402. The summed E-state index contributed by atoms with van der Waals surface area (Å²) in [6, 6.07) is 8.92. The second-order valence-electron chi connectivity index (χ2n) is 8.16. The number of hydrogen-bond acceptors (Lipinski definition) is 5. The molecule has 0 spiro atoms. The Labute approximate surface area is 174 Å². The number of pyridine rings is 1. The number of benzene rings is 1. The lowest BCUT2D eigenvalue weighted by molar-refractivity contribution is 0.415. The molecule has 0 saturated carbocycles. The number of H-pyrrole nitrogens is 1. The second-order valence-corrected chi connectivity index (χ2v) is 8.16. The van der Waals surface area contributed by atoms with Crippen LogP contribution in [0.15, 0.2) is 36.7 Å². The summed E-state index contributed by atoms with van der Waals surface area (Å²) in [6.45, 7) is 2.00. The number of hydrogen-bond donors (Lipinski definition) is 2. The Balaban J connectivity index is 1.49. The standard InChI is InChI=1S/C23H24N6O/c1-30-20-10-19-23(26-22(20)18-7-3-5-14-4-2-6-17(14)18)21(28-27-19)15-11-25-29(13-15)16-8-9-24-12-16/h3,5,7,10-11,13,16,24H,2,4,6,8-9,12H2,1H3,(H,27,28)/t16-/m1/s1. The lowest BCUT2D eigenvalue weighted by atomic mass is 9.99. The summed E-state index contributed by atoms with van der Waals surface area (Å²) in [5.74, 6) is 0.769. The third-order valence-corrected chi connectivity index (χ3v) is 6.40. The molecule has 30 heavy (non-hydrogen) atoms. The van der Waals surface area contributed by atoms with Gasteiger partial charge in [-0.2, -0.15) is 10.2 Å². The van der Waals surface area contributed by atoms with Crippen LogP contribution in [0.1, 0.15) is 30.0 Å². The van der Waals surface area contributed by atoms with Gasteiger partial charge in [0.2, 0.25) is 0 Å². The summed E-state index contributed by atoms with van der Waals surface area (Å²) >= 11 is 0. The largest absolute Gasteiger partial charge is 0.494 e. The van der Waals surface area contributed by atoms with E-state index in [0.717, 1.165) is 66.1 Å². The van der Waals surface area contributed by atoms with Gasteiger partial charge >= 0.3 is 0 Å². The van der Waals surface area contributed by atoms with Crippen LogP contribution in [-0.4, -0.2) is 45.2 Å². The lowest BCUT2D eigenvalue weighted by Gasteiger charge is -2.12. The predicted octanol–water partition coefficient (Wildman–Crippen LogP) is 3.52. The fraction of sp³-hybridized carbons (Fsp3) is 0.348. The van der Waals surface area contributed by atoms with E-state index in [1.54, 1.807) is 7.11 Å². The SMILES string of the molecule is COc1cc2[nH]nc(-c3cnn([C@@H]4CCNC4)c3)c2nc1-c1cccc2c1CCC2. The molecule has 1 atom stereocenters. The molecule has 0 bridgehead atoms. The Morgan fingerprint density at radius 2 is 2.17 bits per heavy atom. The molecule has 6 rings (SSSR count). The van der Waals surface area contributed by atoms with Crippen molar-refractivity contribution < 1.29 is 4.74 Å². The van der Waals surface area contributed by atoms with Gasteiger partial charge in [-0.1, -0.05) is 18.2 Å². The van der Waals surface area contributed by atoms with E-state index < -0.39 is 0 Å². The average molecular weight is 400 g/mol. The van der Waals surface area contributed by atoms with Crippen molar-refractivity contribution in [2.75, 3.05) is 20.2 Å². The molecule has 0 radical (unpaired) electrons. The van der Waals surface area contributed by atoms with E-state index >= 15 is 0 Å². The number of nitrogens with zero attached hydrogens (tertiary/aromatic N) is 4. The lowest BCUT2D eigenvalue weighted by Crippen LogP contribution is -2.13. The fourth-order valence-electron chi connectivity index (χ4n) is 4.85. The summed E-state index contributed by atoms with van der Waals surface area (Å²) in [5.41, 5.74) is 8.42. The molecule has 152 valence electrons. The van der Waals surface area contributed by atoms with E-state index in [1.807, 2.05) is 16.9 Å². The van der Waals surface area contributed by atoms with E-state index in [0.29, 0.717) is 6.04 Å². The Hall–Kier alpha value is -3.19. The highest BCUT2D eigenvalue weighted by molar-refractivity contribution is 5.92. The quantitative estimate of drug-likeness (QED) is 0.548. The molecule has 7 nitrogen and oxygen atoms in total. The van der Waals surface area contributed by atoms with Gasteiger partial charge in [-0.05, 0) is 43.4 Å². The van der Waals surface area contributed by atoms with Gasteiger partial charge in [0, 0.05) is 29.9 Å². The summed E-state index contributed by atoms with van der Waals surface area (Å²) in [6.07, 6.45) is 8.50. The molecule has 4 heterocycles. The van der Waals surface area contributed by atoms with Gasteiger partial charge < -0.3 is 10.1 Å². The number of fused-ring (bicyclic) bond motifs is 2. The van der Waals surface area contributed by atoms with Crippen molar-refractivity contribution in [2.45, 2.75) is 31.7 Å². The number of aryl methyl sites for hydroxylation is 1. The normalized spacial score (nSPS) is 18.2. The topological polar surface area (TPSA) is 80.6 Å². The number of rotatable bonds is 4. The zero-order valence-corrected chi connectivity index (χ0v) is 17.0. The predicted molar refractivity (Wildman–Crippen MR) is 116 cm³/mol. The Morgan fingerprint density at radius 3 is 3.03 bits per heavy atom. The first-order valence-corrected chi connectivity index (χ1v) is 10.6. The maximum absolute atomic E-state index is 5.72. The van der Waals surface area contributed by atoms with Crippen LogP contribution in [0.3, 0.4) is 0 Å². The molecular formula is C23H24N6O. The number of aromatic nitrogens is 5. The molecule has 1 aliphatic heterocycles. The molecule has 1 saturated heterocycles. The minimum Gasteiger partial charge on any atom is -0.494 e. The van der Waals surface area contributed by atoms with Gasteiger partial charge in [0.25, 0.3) is 0 Å². The number of methoxy groups -OCH3 is 1. The van der Waals surface area contributed by atoms with Gasteiger partial charge in [0.1, 0.15) is 22.7 Å². The van der Waals surface area contributed by atoms with Gasteiger partial charge in [-0.3, -0.25) is 9.78 Å². The minimum atomic E-state index is 0.402. The maximum atomic E-state index is 5.72. The van der Waals surface area contributed by atoms with E-state index in [9.17, 15) is 0 Å². The maximum Gasteiger partial charge on any atom is 0.147 e. The van der Waals surface area contributed by atoms with E-state index in [2.05, 4.69) is 45.0 Å². The summed E-state index contributed by atoms with van der Waals surface area (Å²) in [5, 5.41) is 15.7. The molecule has 7 heteroatoms. The summed E-state index contributed by atoms with van der Waals surface area (Å²) < 4.78 is 7.77. The van der Waals surface area contributed by atoms with Gasteiger partial charge in [-0.25, -0.2) is 4.98 Å². The van der Waals surface area contributed by atoms with Crippen LogP contribution >= 0.6 is 0 Å². The van der Waals surface area contributed by atoms with Crippen LogP contribution in [0, 0.1) is 0 Å². The van der Waals surface area contributed by atoms with Crippen molar-refractivity contribution in [3.63, 3.8) is 0 Å². The van der Waals surface area contributed by atoms with Crippen molar-refractivity contribution in [1.29, 1.82) is 0 Å². The van der Waals surface area contributed by atoms with Crippen LogP contribution in [0.4, 0.5) is 0 Å². The third kappa shape index (κ3) is 2.73. The number of ether oxygens (including phenoxy) is 1. The highest BCUT2D eigenvalue weighted by atomic mass is 16.5. The zero-order valence-electron chi connectivity index (χ0n) is 17.0. The molecule has 1 aromatic carbocycles. The Kier molecular flexibility index (Phi) is 4.09. The summed E-state index contributed by atoms with van der Waals surface area (Å²) in [7, 11) is 1.70. The third-order valence-electron chi connectivity index (χ3n) is 6.40. The van der Waals surface area contributed by atoms with E-state index in [1.165, 1.54) is 23.1 Å². The Bertz CT molecular complexity index is 1230. The first kappa shape index (κ1) is 17.7. The van der Waals surface area contributed by atoms with Crippen molar-refractivity contribution in [1.82, 2.24) is 30.3 Å². The van der Waals surface area contributed by atoms with Crippen LogP contribution in [0.2, 0.25) is 0 Å². The van der Waals surface area contributed by atoms with Crippen molar-refractivity contribution in [2.24, 2.45) is 0 Å². The van der Waals surface area contributed by atoms with Crippen LogP contribution in [-0.2, 0) is 12.8 Å². The van der Waals surface area contributed by atoms with Gasteiger partial charge in [-0.15, -0.1) is 0 Å². The first-order valence-electron chi connectivity index (χ1n) is 10.6. The molecule has 0 unspecified atom stereocenters. The zero-order chi connectivity index (χ0) is 20.1. The second kappa shape index (κ2) is 6.95. The average Bonchev–Trinajstić information content (AvgIpc) is 3.57. The number of aromatic amines is 1. The molecule has 2 aliphatic rings. The van der Waals surface area contributed by atoms with Crippen molar-refractivity contribution >= 4 is 11.0 Å². The monoisotopic (exact) mass is 400 g/mol. The van der Waals surface area contributed by atoms with Gasteiger partial charge in [0.05, 0.1) is 24.9 Å². The van der Waals surface area contributed by atoms with Crippen molar-refractivity contribution in [3.8, 4) is 28.3 Å². The van der Waals surface area contributed by atoms with E-state index in [-0.39, 0.29) is 0 Å². The molecular weight excluding hydrogens is 376 g/mol. The van der Waals surface area contributed by atoms with Crippen LogP contribution in [0.5, 0.6) is 5.75 Å². The number of nitrogens with one attached hydrogen (secondary N) is 2. The Morgan fingerprint density at radius 1 is 1.20 bits per heavy atom. The van der Waals surface area contributed by atoms with Crippen LogP contribution < -0.4 is 10.1 Å². The molecule has 0 amide bonds. The van der Waals surface area contributed by atoms with Crippen LogP contribution in [0.25, 0.3) is 33.5 Å².